The van der Waals surface area contributed by atoms with E-state index in [2.05, 4.69) is 36.5 Å². The van der Waals surface area contributed by atoms with Gasteiger partial charge < -0.3 is 10.2 Å². The molecule has 0 aliphatic heterocycles. The van der Waals surface area contributed by atoms with Crippen LogP contribution in [0.5, 0.6) is 0 Å². The van der Waals surface area contributed by atoms with Crippen LogP contribution < -0.4 is 10.2 Å². The van der Waals surface area contributed by atoms with Crippen LogP contribution in [0.2, 0.25) is 0 Å². The molecule has 0 aromatic heterocycles. The molecule has 0 bridgehead atoms. The normalized spacial score (nSPS) is 15.1. The molecule has 0 saturated heterocycles. The number of rotatable bonds is 5. The van der Waals surface area contributed by atoms with Crippen molar-refractivity contribution in [2.75, 3.05) is 19.0 Å². The van der Waals surface area contributed by atoms with Gasteiger partial charge in [0.2, 0.25) is 0 Å². The largest absolute Gasteiger partial charge is 0.378 e. The topological polar surface area (TPSA) is 32.3 Å². The first kappa shape index (κ1) is 15.6. The fourth-order valence-corrected chi connectivity index (χ4v) is 2.81. The Balaban J connectivity index is 1.75. The molecule has 2 aromatic carbocycles. The Hall–Kier alpha value is -2.29. The standard InChI is InChI=1S/C20H24N2O/c1-14-4-6-15(7-5-14)19(16-8-9-16)21-20(23)17-10-12-18(13-11-17)22(2)3/h4-7,10-13,16,19H,8-9H2,1-3H3,(H,21,23). The first-order chi connectivity index (χ1) is 11.0. The van der Waals surface area contributed by atoms with Gasteiger partial charge in [-0.15, -0.1) is 0 Å². The number of hydrogen-bond donors (Lipinski definition) is 1. The van der Waals surface area contributed by atoms with Gasteiger partial charge in [0.15, 0.2) is 0 Å². The summed E-state index contributed by atoms with van der Waals surface area (Å²) in [6.07, 6.45) is 2.39. The van der Waals surface area contributed by atoms with Gasteiger partial charge in [-0.2, -0.15) is 0 Å². The van der Waals surface area contributed by atoms with E-state index in [1.54, 1.807) is 0 Å². The number of anilines is 1. The molecule has 0 radical (unpaired) electrons. The molecule has 1 fully saturated rings. The van der Waals surface area contributed by atoms with Crippen molar-refractivity contribution in [1.82, 2.24) is 5.32 Å². The number of carbonyl (C=O) groups excluding carboxylic acids is 1. The van der Waals surface area contributed by atoms with Gasteiger partial charge in [0.25, 0.3) is 5.91 Å². The summed E-state index contributed by atoms with van der Waals surface area (Å²) in [6.45, 7) is 2.08. The molecule has 23 heavy (non-hydrogen) atoms. The van der Waals surface area contributed by atoms with Gasteiger partial charge in [-0.25, -0.2) is 0 Å². The monoisotopic (exact) mass is 308 g/mol. The van der Waals surface area contributed by atoms with Gasteiger partial charge >= 0.3 is 0 Å². The van der Waals surface area contributed by atoms with Crippen molar-refractivity contribution in [2.24, 2.45) is 5.92 Å². The lowest BCUT2D eigenvalue weighted by molar-refractivity contribution is 0.0931. The quantitative estimate of drug-likeness (QED) is 0.907. The van der Waals surface area contributed by atoms with Crippen molar-refractivity contribution >= 4 is 11.6 Å². The van der Waals surface area contributed by atoms with Crippen molar-refractivity contribution < 1.29 is 4.79 Å². The van der Waals surface area contributed by atoms with Crippen LogP contribution in [0.15, 0.2) is 48.5 Å². The number of amides is 1. The van der Waals surface area contributed by atoms with Gasteiger partial charge in [0, 0.05) is 25.3 Å². The van der Waals surface area contributed by atoms with E-state index >= 15 is 0 Å². The molecule has 1 N–H and O–H groups in total. The minimum atomic E-state index is 0.00720. The van der Waals surface area contributed by atoms with E-state index in [9.17, 15) is 4.79 Å². The minimum absolute atomic E-state index is 0.00720. The van der Waals surface area contributed by atoms with Crippen LogP contribution in [0.25, 0.3) is 0 Å². The van der Waals surface area contributed by atoms with Gasteiger partial charge in [-0.05, 0) is 55.5 Å². The molecule has 0 heterocycles. The highest BCUT2D eigenvalue weighted by molar-refractivity contribution is 5.94. The predicted molar refractivity (Wildman–Crippen MR) is 94.9 cm³/mol. The summed E-state index contributed by atoms with van der Waals surface area (Å²) in [4.78, 5) is 14.6. The molecule has 0 spiro atoms. The zero-order valence-electron chi connectivity index (χ0n) is 14.0. The van der Waals surface area contributed by atoms with Crippen LogP contribution in [0.3, 0.4) is 0 Å². The smallest absolute Gasteiger partial charge is 0.251 e. The third kappa shape index (κ3) is 3.73. The summed E-state index contributed by atoms with van der Waals surface area (Å²) in [7, 11) is 3.99. The van der Waals surface area contributed by atoms with Gasteiger partial charge in [-0.3, -0.25) is 4.79 Å². The first-order valence-electron chi connectivity index (χ1n) is 8.19. The predicted octanol–water partition coefficient (Wildman–Crippen LogP) is 3.94. The maximum Gasteiger partial charge on any atom is 0.251 e. The van der Waals surface area contributed by atoms with Crippen molar-refractivity contribution in [2.45, 2.75) is 25.8 Å². The van der Waals surface area contributed by atoms with Crippen LogP contribution in [-0.4, -0.2) is 20.0 Å². The maximum absolute atomic E-state index is 12.6. The third-order valence-electron chi connectivity index (χ3n) is 4.46. The van der Waals surface area contributed by atoms with E-state index in [1.807, 2.05) is 43.3 Å². The van der Waals surface area contributed by atoms with Crippen LogP contribution in [-0.2, 0) is 0 Å². The fraction of sp³-hybridized carbons (Fsp3) is 0.350. The molecule has 3 heteroatoms. The SMILES string of the molecule is Cc1ccc(C(NC(=O)c2ccc(N(C)C)cc2)C2CC2)cc1. The summed E-state index contributed by atoms with van der Waals surface area (Å²) >= 11 is 0. The molecule has 2 aromatic rings. The highest BCUT2D eigenvalue weighted by atomic mass is 16.1. The van der Waals surface area contributed by atoms with Gasteiger partial charge in [0.05, 0.1) is 6.04 Å². The van der Waals surface area contributed by atoms with Crippen molar-refractivity contribution in [1.29, 1.82) is 0 Å². The average molecular weight is 308 g/mol. The second-order valence-corrected chi connectivity index (χ2v) is 6.64. The summed E-state index contributed by atoms with van der Waals surface area (Å²) in [5.74, 6) is 0.579. The summed E-state index contributed by atoms with van der Waals surface area (Å²) in [6, 6.07) is 16.4. The van der Waals surface area contributed by atoms with E-state index < -0.39 is 0 Å². The van der Waals surface area contributed by atoms with Crippen LogP contribution in [0, 0.1) is 12.8 Å². The molecule has 3 rings (SSSR count). The Morgan fingerprint density at radius 1 is 1.04 bits per heavy atom. The number of aryl methyl sites for hydroxylation is 1. The highest BCUT2D eigenvalue weighted by Gasteiger charge is 2.33. The molecule has 1 atom stereocenters. The lowest BCUT2D eigenvalue weighted by Crippen LogP contribution is -2.29. The highest BCUT2D eigenvalue weighted by Crippen LogP contribution is 2.41. The third-order valence-corrected chi connectivity index (χ3v) is 4.46. The van der Waals surface area contributed by atoms with Crippen molar-refractivity contribution in [3.8, 4) is 0 Å². The van der Waals surface area contributed by atoms with Crippen LogP contribution in [0.1, 0.15) is 40.4 Å². The maximum atomic E-state index is 12.6. The lowest BCUT2D eigenvalue weighted by Gasteiger charge is -2.19. The van der Waals surface area contributed by atoms with E-state index in [0.717, 1.165) is 5.69 Å². The Morgan fingerprint density at radius 2 is 1.65 bits per heavy atom. The Bertz CT molecular complexity index is 670. The number of hydrogen-bond acceptors (Lipinski definition) is 2. The second-order valence-electron chi connectivity index (χ2n) is 6.64. The van der Waals surface area contributed by atoms with E-state index in [0.29, 0.717) is 11.5 Å². The number of nitrogens with zero attached hydrogens (tertiary/aromatic N) is 1. The van der Waals surface area contributed by atoms with Crippen LogP contribution >= 0.6 is 0 Å². The summed E-state index contributed by atoms with van der Waals surface area (Å²) < 4.78 is 0. The second kappa shape index (κ2) is 6.45. The van der Waals surface area contributed by atoms with Crippen LogP contribution in [0.4, 0.5) is 5.69 Å². The molecule has 1 saturated carbocycles. The lowest BCUT2D eigenvalue weighted by atomic mass is 10.0. The Morgan fingerprint density at radius 3 is 2.17 bits per heavy atom. The molecule has 120 valence electrons. The Labute approximate surface area is 138 Å². The van der Waals surface area contributed by atoms with Gasteiger partial charge in [0.1, 0.15) is 0 Å². The molecule has 3 nitrogen and oxygen atoms in total. The minimum Gasteiger partial charge on any atom is -0.378 e. The van der Waals surface area contributed by atoms with Crippen molar-refractivity contribution in [3.63, 3.8) is 0 Å². The Kier molecular flexibility index (Phi) is 4.37. The van der Waals surface area contributed by atoms with E-state index in [-0.39, 0.29) is 11.9 Å². The number of nitrogens with one attached hydrogen (secondary N) is 1. The molecular weight excluding hydrogens is 284 g/mol. The zero-order valence-corrected chi connectivity index (χ0v) is 14.0. The fourth-order valence-electron chi connectivity index (χ4n) is 2.81. The average Bonchev–Trinajstić information content (AvgIpc) is 3.38. The van der Waals surface area contributed by atoms with Crippen molar-refractivity contribution in [3.05, 3.63) is 65.2 Å². The first-order valence-corrected chi connectivity index (χ1v) is 8.19. The molecule has 1 aliphatic rings. The van der Waals surface area contributed by atoms with E-state index in [4.69, 9.17) is 0 Å². The molecule has 1 unspecified atom stereocenters. The number of carbonyl (C=O) groups is 1. The number of benzene rings is 2. The zero-order chi connectivity index (χ0) is 16.4. The molecule has 1 aliphatic carbocycles. The summed E-state index contributed by atoms with van der Waals surface area (Å²) in [5, 5.41) is 3.23. The molecular formula is C20H24N2O. The molecule has 1 amide bonds. The summed E-state index contributed by atoms with van der Waals surface area (Å²) in [5.41, 5.74) is 4.26. The van der Waals surface area contributed by atoms with Gasteiger partial charge in [-0.1, -0.05) is 29.8 Å². The van der Waals surface area contributed by atoms with E-state index in [1.165, 1.54) is 24.0 Å².